The van der Waals surface area contributed by atoms with Crippen molar-refractivity contribution in [3.63, 3.8) is 0 Å². The summed E-state index contributed by atoms with van der Waals surface area (Å²) in [4.78, 5) is 12.5. The number of urea groups is 1. The first kappa shape index (κ1) is 20.1. The Morgan fingerprint density at radius 3 is 2.86 bits per heavy atom. The first-order valence-corrected chi connectivity index (χ1v) is 9.40. The minimum absolute atomic E-state index is 0.0957. The van der Waals surface area contributed by atoms with Crippen LogP contribution in [-0.4, -0.2) is 23.8 Å². The molecular weight excluding hydrogens is 368 g/mol. The standard InChI is InChI=1S/C20H25F2N3O3/c1-11(9-17-12(2)25-28-13(17)3)23-20(26)24-18-6-4-5-14-10-15(27-19(21)22)7-8-16(14)18/h7-8,10-11,18-19H,4-6,9H2,1-3H3,(H2,23,24,26). The Labute approximate surface area is 162 Å². The molecule has 1 heterocycles. The molecule has 152 valence electrons. The van der Waals surface area contributed by atoms with Crippen molar-refractivity contribution in [3.8, 4) is 5.75 Å². The molecule has 0 spiro atoms. The van der Waals surface area contributed by atoms with Crippen LogP contribution in [0.1, 0.15) is 54.0 Å². The molecule has 2 N–H and O–H groups in total. The second-order valence-electron chi connectivity index (χ2n) is 7.21. The number of carbonyl (C=O) groups excluding carboxylic acids is 1. The van der Waals surface area contributed by atoms with Crippen LogP contribution in [0.5, 0.6) is 5.75 Å². The maximum absolute atomic E-state index is 12.5. The van der Waals surface area contributed by atoms with E-state index in [1.165, 1.54) is 6.07 Å². The van der Waals surface area contributed by atoms with Gasteiger partial charge in [0.25, 0.3) is 0 Å². The molecule has 0 fully saturated rings. The van der Waals surface area contributed by atoms with E-state index in [1.807, 2.05) is 20.8 Å². The van der Waals surface area contributed by atoms with Gasteiger partial charge in [0.1, 0.15) is 11.5 Å². The van der Waals surface area contributed by atoms with Crippen LogP contribution in [0.3, 0.4) is 0 Å². The fraction of sp³-hybridized carbons (Fsp3) is 0.500. The summed E-state index contributed by atoms with van der Waals surface area (Å²) in [6.07, 6.45) is 3.07. The topological polar surface area (TPSA) is 76.4 Å². The van der Waals surface area contributed by atoms with Crippen molar-refractivity contribution in [1.82, 2.24) is 15.8 Å². The minimum atomic E-state index is -2.85. The molecule has 2 atom stereocenters. The zero-order valence-electron chi connectivity index (χ0n) is 16.2. The van der Waals surface area contributed by atoms with Crippen LogP contribution < -0.4 is 15.4 Å². The van der Waals surface area contributed by atoms with E-state index in [1.54, 1.807) is 12.1 Å². The van der Waals surface area contributed by atoms with Crippen LogP contribution in [0.15, 0.2) is 22.7 Å². The van der Waals surface area contributed by atoms with Gasteiger partial charge in [-0.1, -0.05) is 11.2 Å². The Balaban J connectivity index is 1.60. The number of amides is 2. The van der Waals surface area contributed by atoms with Crippen molar-refractivity contribution in [1.29, 1.82) is 0 Å². The Morgan fingerprint density at radius 1 is 1.39 bits per heavy atom. The Bertz CT molecular complexity index is 819. The zero-order valence-corrected chi connectivity index (χ0v) is 16.2. The minimum Gasteiger partial charge on any atom is -0.435 e. The van der Waals surface area contributed by atoms with Crippen molar-refractivity contribution < 1.29 is 22.8 Å². The summed E-state index contributed by atoms with van der Waals surface area (Å²) >= 11 is 0. The molecule has 0 radical (unpaired) electrons. The largest absolute Gasteiger partial charge is 0.435 e. The van der Waals surface area contributed by atoms with Crippen LogP contribution in [-0.2, 0) is 12.8 Å². The monoisotopic (exact) mass is 393 g/mol. The molecule has 2 aromatic rings. The van der Waals surface area contributed by atoms with Crippen LogP contribution in [0.2, 0.25) is 0 Å². The molecular formula is C20H25F2N3O3. The van der Waals surface area contributed by atoms with Crippen molar-refractivity contribution in [2.45, 2.75) is 65.1 Å². The average molecular weight is 393 g/mol. The van der Waals surface area contributed by atoms with Gasteiger partial charge in [0.05, 0.1) is 11.7 Å². The summed E-state index contributed by atoms with van der Waals surface area (Å²) in [6, 6.07) is 4.39. The Kier molecular flexibility index (Phi) is 6.16. The SMILES string of the molecule is Cc1noc(C)c1CC(C)NC(=O)NC1CCCc2cc(OC(F)F)ccc21. The maximum Gasteiger partial charge on any atom is 0.387 e. The van der Waals surface area contributed by atoms with Crippen molar-refractivity contribution in [2.24, 2.45) is 0 Å². The summed E-state index contributed by atoms with van der Waals surface area (Å²) < 4.78 is 34.5. The third kappa shape index (κ3) is 4.79. The van der Waals surface area contributed by atoms with Crippen molar-refractivity contribution in [2.75, 3.05) is 0 Å². The van der Waals surface area contributed by atoms with Crippen molar-refractivity contribution in [3.05, 3.63) is 46.3 Å². The van der Waals surface area contributed by atoms with E-state index in [2.05, 4.69) is 20.5 Å². The molecule has 1 aromatic heterocycles. The number of aromatic nitrogens is 1. The summed E-state index contributed by atoms with van der Waals surface area (Å²) in [5.74, 6) is 0.904. The van der Waals surface area contributed by atoms with Gasteiger partial charge in [0.15, 0.2) is 0 Å². The van der Waals surface area contributed by atoms with E-state index in [4.69, 9.17) is 4.52 Å². The number of rotatable bonds is 6. The lowest BCUT2D eigenvalue weighted by atomic mass is 9.87. The van der Waals surface area contributed by atoms with E-state index >= 15 is 0 Å². The number of benzene rings is 1. The second-order valence-corrected chi connectivity index (χ2v) is 7.21. The third-order valence-electron chi connectivity index (χ3n) is 5.03. The molecule has 8 heteroatoms. The van der Waals surface area contributed by atoms with Crippen LogP contribution >= 0.6 is 0 Å². The highest BCUT2D eigenvalue weighted by atomic mass is 19.3. The normalized spacial score (nSPS) is 17.1. The lowest BCUT2D eigenvalue weighted by Crippen LogP contribution is -2.43. The maximum atomic E-state index is 12.5. The van der Waals surface area contributed by atoms with Gasteiger partial charge in [-0.05, 0) is 69.7 Å². The van der Waals surface area contributed by atoms with Crippen molar-refractivity contribution >= 4 is 6.03 Å². The number of aryl methyl sites for hydroxylation is 3. The van der Waals surface area contributed by atoms with Crippen LogP contribution in [0.4, 0.5) is 13.6 Å². The third-order valence-corrected chi connectivity index (χ3v) is 5.03. The zero-order chi connectivity index (χ0) is 20.3. The summed E-state index contributed by atoms with van der Waals surface area (Å²) in [5, 5.41) is 9.87. The van der Waals surface area contributed by atoms with Gasteiger partial charge in [-0.15, -0.1) is 0 Å². The molecule has 1 aliphatic carbocycles. The number of halogens is 2. The fourth-order valence-corrected chi connectivity index (χ4v) is 3.69. The highest BCUT2D eigenvalue weighted by molar-refractivity contribution is 5.75. The van der Waals surface area contributed by atoms with Gasteiger partial charge in [-0.3, -0.25) is 0 Å². The quantitative estimate of drug-likeness (QED) is 0.771. The number of hydrogen-bond acceptors (Lipinski definition) is 4. The predicted molar refractivity (Wildman–Crippen MR) is 99.6 cm³/mol. The molecule has 0 aliphatic heterocycles. The molecule has 0 saturated heterocycles. The molecule has 6 nitrogen and oxygen atoms in total. The molecule has 2 unspecified atom stereocenters. The van der Waals surface area contributed by atoms with E-state index < -0.39 is 6.61 Å². The molecule has 1 aliphatic rings. The number of carbonyl (C=O) groups is 1. The highest BCUT2D eigenvalue weighted by Crippen LogP contribution is 2.32. The smallest absolute Gasteiger partial charge is 0.387 e. The molecule has 1 aromatic carbocycles. The Morgan fingerprint density at radius 2 is 2.18 bits per heavy atom. The average Bonchev–Trinajstić information content (AvgIpc) is 2.93. The van der Waals surface area contributed by atoms with E-state index in [9.17, 15) is 13.6 Å². The molecule has 0 saturated carbocycles. The number of nitrogens with zero attached hydrogens (tertiary/aromatic N) is 1. The van der Waals surface area contributed by atoms with Gasteiger partial charge >= 0.3 is 12.6 Å². The number of hydrogen-bond donors (Lipinski definition) is 2. The van der Waals surface area contributed by atoms with Gasteiger partial charge < -0.3 is 19.9 Å². The highest BCUT2D eigenvalue weighted by Gasteiger charge is 2.23. The lowest BCUT2D eigenvalue weighted by molar-refractivity contribution is -0.0499. The summed E-state index contributed by atoms with van der Waals surface area (Å²) in [5.41, 5.74) is 3.71. The van der Waals surface area contributed by atoms with Crippen LogP contribution in [0, 0.1) is 13.8 Å². The van der Waals surface area contributed by atoms with E-state index in [-0.39, 0.29) is 23.9 Å². The molecule has 2 amide bonds. The van der Waals surface area contributed by atoms with Gasteiger partial charge in [-0.25, -0.2) is 4.79 Å². The number of fused-ring (bicyclic) bond motifs is 1. The number of alkyl halides is 2. The summed E-state index contributed by atoms with van der Waals surface area (Å²) in [6.45, 7) is 2.81. The van der Waals surface area contributed by atoms with Gasteiger partial charge in [-0.2, -0.15) is 8.78 Å². The second kappa shape index (κ2) is 8.58. The number of nitrogens with one attached hydrogen (secondary N) is 2. The number of ether oxygens (including phenoxy) is 1. The van der Waals surface area contributed by atoms with Gasteiger partial charge in [0, 0.05) is 11.6 Å². The first-order chi connectivity index (χ1) is 13.3. The summed E-state index contributed by atoms with van der Waals surface area (Å²) in [7, 11) is 0. The molecule has 3 rings (SSSR count). The van der Waals surface area contributed by atoms with Crippen LogP contribution in [0.25, 0.3) is 0 Å². The fourth-order valence-electron chi connectivity index (χ4n) is 3.69. The predicted octanol–water partition coefficient (Wildman–Crippen LogP) is 4.20. The van der Waals surface area contributed by atoms with Gasteiger partial charge in [0.2, 0.25) is 0 Å². The lowest BCUT2D eigenvalue weighted by Gasteiger charge is -2.27. The van der Waals surface area contributed by atoms with E-state index in [0.717, 1.165) is 47.4 Å². The molecule has 0 bridgehead atoms. The first-order valence-electron chi connectivity index (χ1n) is 9.40. The van der Waals surface area contributed by atoms with E-state index in [0.29, 0.717) is 6.42 Å². The Hall–Kier alpha value is -2.64. The molecule has 28 heavy (non-hydrogen) atoms.